The third-order valence-electron chi connectivity index (χ3n) is 6.52. The van der Waals surface area contributed by atoms with Crippen molar-refractivity contribution in [1.29, 1.82) is 0 Å². The zero-order chi connectivity index (χ0) is 24.4. The minimum atomic E-state index is -0.215. The van der Waals surface area contributed by atoms with Crippen molar-refractivity contribution in [3.63, 3.8) is 0 Å². The van der Waals surface area contributed by atoms with E-state index in [-0.39, 0.29) is 35.8 Å². The predicted molar refractivity (Wildman–Crippen MR) is 132 cm³/mol. The van der Waals surface area contributed by atoms with Gasteiger partial charge in [-0.2, -0.15) is 5.10 Å². The summed E-state index contributed by atoms with van der Waals surface area (Å²) in [5.74, 6) is -0.0100. The number of carbonyl (C=O) groups is 1. The average molecular weight is 467 g/mol. The number of halogens is 1. The number of fused-ring (bicyclic) bond motifs is 1. The van der Waals surface area contributed by atoms with E-state index in [1.807, 2.05) is 23.9 Å². The summed E-state index contributed by atoms with van der Waals surface area (Å²) >= 11 is 0. The summed E-state index contributed by atoms with van der Waals surface area (Å²) in [6.45, 7) is 8.95. The van der Waals surface area contributed by atoms with Crippen LogP contribution in [0.1, 0.15) is 86.6 Å². The van der Waals surface area contributed by atoms with Crippen molar-refractivity contribution < 1.29 is 9.18 Å². The molecule has 2 atom stereocenters. The molecule has 1 aromatic carbocycles. The number of hydrogen-bond donors (Lipinski definition) is 2. The van der Waals surface area contributed by atoms with Crippen LogP contribution in [0.3, 0.4) is 0 Å². The zero-order valence-electron chi connectivity index (χ0n) is 20.7. The van der Waals surface area contributed by atoms with Gasteiger partial charge in [0.25, 0.3) is 5.91 Å². The van der Waals surface area contributed by atoms with Gasteiger partial charge in [0.2, 0.25) is 0 Å². The standard InChI is InChI=1S/C26H35FN6O/c1-16(2)23-14-21(22-15-28-33(17(3)4)25(22)29-23)26(34)32(5)11-7-10-20-13-24(31-30-20)18-8-6-9-19(27)12-18/h6,8-9,12,14-17,20,24,30-31H,7,10-11,13H2,1-5H3. The summed E-state index contributed by atoms with van der Waals surface area (Å²) in [5.41, 5.74) is 9.87. The summed E-state index contributed by atoms with van der Waals surface area (Å²) in [6, 6.07) is 9.19. The Morgan fingerprint density at radius 2 is 2.03 bits per heavy atom. The van der Waals surface area contributed by atoms with E-state index < -0.39 is 0 Å². The first-order valence-corrected chi connectivity index (χ1v) is 12.1. The van der Waals surface area contributed by atoms with Gasteiger partial charge in [0, 0.05) is 37.4 Å². The fourth-order valence-corrected chi connectivity index (χ4v) is 4.52. The number of benzene rings is 1. The first-order valence-electron chi connectivity index (χ1n) is 12.1. The van der Waals surface area contributed by atoms with Crippen molar-refractivity contribution in [3.8, 4) is 0 Å². The molecule has 7 nitrogen and oxygen atoms in total. The molecule has 1 aliphatic heterocycles. The maximum Gasteiger partial charge on any atom is 0.254 e. The Kier molecular flexibility index (Phi) is 7.28. The Morgan fingerprint density at radius 3 is 2.74 bits per heavy atom. The number of carbonyl (C=O) groups excluding carboxylic acids is 1. The van der Waals surface area contributed by atoms with Crippen LogP contribution in [-0.2, 0) is 0 Å². The highest BCUT2D eigenvalue weighted by Gasteiger charge is 2.26. The lowest BCUT2D eigenvalue weighted by Gasteiger charge is -2.20. The number of rotatable bonds is 8. The molecule has 8 heteroatoms. The van der Waals surface area contributed by atoms with E-state index in [0.29, 0.717) is 12.1 Å². The van der Waals surface area contributed by atoms with Gasteiger partial charge in [0.1, 0.15) is 5.82 Å². The van der Waals surface area contributed by atoms with Gasteiger partial charge in [0.15, 0.2) is 5.65 Å². The lowest BCUT2D eigenvalue weighted by atomic mass is 9.99. The maximum atomic E-state index is 13.5. The Hall–Kier alpha value is -2.84. The van der Waals surface area contributed by atoms with Crippen LogP contribution in [0.2, 0.25) is 0 Å². The molecule has 182 valence electrons. The number of nitrogens with zero attached hydrogens (tertiary/aromatic N) is 4. The van der Waals surface area contributed by atoms with Crippen LogP contribution in [0.5, 0.6) is 0 Å². The van der Waals surface area contributed by atoms with Crippen molar-refractivity contribution in [2.75, 3.05) is 13.6 Å². The first-order chi connectivity index (χ1) is 16.2. The van der Waals surface area contributed by atoms with Gasteiger partial charge >= 0.3 is 0 Å². The maximum absolute atomic E-state index is 13.5. The average Bonchev–Trinajstić information content (AvgIpc) is 3.45. The van der Waals surface area contributed by atoms with E-state index in [4.69, 9.17) is 4.98 Å². The second-order valence-electron chi connectivity index (χ2n) is 9.87. The van der Waals surface area contributed by atoms with Gasteiger partial charge in [-0.25, -0.2) is 14.1 Å². The zero-order valence-corrected chi connectivity index (χ0v) is 20.7. The molecular formula is C26H35FN6O. The van der Waals surface area contributed by atoms with Crippen LogP contribution in [0.15, 0.2) is 36.5 Å². The molecule has 1 fully saturated rings. The van der Waals surface area contributed by atoms with E-state index >= 15 is 0 Å². The normalized spacial score (nSPS) is 18.4. The van der Waals surface area contributed by atoms with Crippen molar-refractivity contribution >= 4 is 16.9 Å². The van der Waals surface area contributed by atoms with Gasteiger partial charge in [-0.15, -0.1) is 0 Å². The third-order valence-corrected chi connectivity index (χ3v) is 6.52. The molecule has 1 saturated heterocycles. The molecule has 0 bridgehead atoms. The number of amides is 1. The second-order valence-corrected chi connectivity index (χ2v) is 9.87. The molecule has 2 N–H and O–H groups in total. The van der Waals surface area contributed by atoms with E-state index in [9.17, 15) is 9.18 Å². The molecule has 3 aromatic rings. The lowest BCUT2D eigenvalue weighted by Crippen LogP contribution is -2.32. The summed E-state index contributed by atoms with van der Waals surface area (Å²) in [4.78, 5) is 20.0. The molecule has 2 unspecified atom stereocenters. The third kappa shape index (κ3) is 5.13. The molecule has 2 aromatic heterocycles. The highest BCUT2D eigenvalue weighted by atomic mass is 19.1. The number of pyridine rings is 1. The lowest BCUT2D eigenvalue weighted by molar-refractivity contribution is 0.0793. The molecule has 0 radical (unpaired) electrons. The number of nitrogens with one attached hydrogen (secondary N) is 2. The van der Waals surface area contributed by atoms with E-state index in [1.54, 1.807) is 23.2 Å². The molecule has 0 spiro atoms. The fraction of sp³-hybridized carbons (Fsp3) is 0.500. The summed E-state index contributed by atoms with van der Waals surface area (Å²) in [5, 5.41) is 5.29. The molecular weight excluding hydrogens is 431 g/mol. The Balaban J connectivity index is 1.39. The van der Waals surface area contributed by atoms with Gasteiger partial charge in [-0.05, 0) is 62.8 Å². The minimum absolute atomic E-state index is 0.00671. The monoisotopic (exact) mass is 466 g/mol. The van der Waals surface area contributed by atoms with Gasteiger partial charge in [-0.3, -0.25) is 15.6 Å². The Morgan fingerprint density at radius 1 is 1.24 bits per heavy atom. The van der Waals surface area contributed by atoms with E-state index in [0.717, 1.165) is 41.6 Å². The van der Waals surface area contributed by atoms with Crippen molar-refractivity contribution in [3.05, 3.63) is 59.2 Å². The summed E-state index contributed by atoms with van der Waals surface area (Å²) in [6.07, 6.45) is 4.44. The first kappa shape index (κ1) is 24.3. The van der Waals surface area contributed by atoms with Crippen LogP contribution < -0.4 is 10.9 Å². The highest BCUT2D eigenvalue weighted by molar-refractivity contribution is 6.05. The topological polar surface area (TPSA) is 75.1 Å². The van der Waals surface area contributed by atoms with Gasteiger partial charge in [0.05, 0.1) is 17.1 Å². The molecule has 1 aliphatic rings. The Bertz CT molecular complexity index is 1160. The molecule has 34 heavy (non-hydrogen) atoms. The number of aromatic nitrogens is 3. The van der Waals surface area contributed by atoms with Crippen LogP contribution in [0.4, 0.5) is 4.39 Å². The van der Waals surface area contributed by atoms with Gasteiger partial charge < -0.3 is 4.90 Å². The molecule has 0 aliphatic carbocycles. The van der Waals surface area contributed by atoms with Crippen molar-refractivity contribution in [1.82, 2.24) is 30.5 Å². The second kappa shape index (κ2) is 10.2. The van der Waals surface area contributed by atoms with Crippen molar-refractivity contribution in [2.24, 2.45) is 0 Å². The number of hydrogen-bond acceptors (Lipinski definition) is 5. The summed E-state index contributed by atoms with van der Waals surface area (Å²) < 4.78 is 15.4. The largest absolute Gasteiger partial charge is 0.342 e. The smallest absolute Gasteiger partial charge is 0.254 e. The Labute approximate surface area is 200 Å². The quantitative estimate of drug-likeness (QED) is 0.502. The van der Waals surface area contributed by atoms with Crippen LogP contribution in [0.25, 0.3) is 11.0 Å². The minimum Gasteiger partial charge on any atom is -0.342 e. The van der Waals surface area contributed by atoms with E-state index in [1.165, 1.54) is 6.07 Å². The summed E-state index contributed by atoms with van der Waals surface area (Å²) in [7, 11) is 1.85. The molecule has 0 saturated carbocycles. The fourth-order valence-electron chi connectivity index (χ4n) is 4.52. The van der Waals surface area contributed by atoms with Crippen molar-refractivity contribution in [2.45, 2.75) is 71.0 Å². The predicted octanol–water partition coefficient (Wildman–Crippen LogP) is 4.73. The van der Waals surface area contributed by atoms with Gasteiger partial charge in [-0.1, -0.05) is 26.0 Å². The number of hydrazine groups is 1. The van der Waals surface area contributed by atoms with Crippen LogP contribution in [-0.4, -0.2) is 45.2 Å². The van der Waals surface area contributed by atoms with Crippen LogP contribution in [0, 0.1) is 5.82 Å². The molecule has 3 heterocycles. The van der Waals surface area contributed by atoms with E-state index in [2.05, 4.69) is 43.6 Å². The SMILES string of the molecule is CC(C)c1cc(C(=O)N(C)CCCC2CC(c3cccc(F)c3)NN2)c2cnn(C(C)C)c2n1. The van der Waals surface area contributed by atoms with Crippen LogP contribution >= 0.6 is 0 Å². The molecule has 1 amide bonds. The highest BCUT2D eigenvalue weighted by Crippen LogP contribution is 2.26. The molecule has 4 rings (SSSR count).